The zero-order chi connectivity index (χ0) is 22.2. The second-order valence-electron chi connectivity index (χ2n) is 9.43. The molecule has 0 radical (unpaired) electrons. The molecule has 0 N–H and O–H groups in total. The van der Waals surface area contributed by atoms with Gasteiger partial charge in [0.1, 0.15) is 17.4 Å². The lowest BCUT2D eigenvalue weighted by Gasteiger charge is -2.38. The molecule has 3 aromatic rings. The van der Waals surface area contributed by atoms with Crippen molar-refractivity contribution >= 4 is 16.7 Å². The van der Waals surface area contributed by atoms with Crippen molar-refractivity contribution in [3.05, 3.63) is 64.6 Å². The van der Waals surface area contributed by atoms with Gasteiger partial charge in [-0.1, -0.05) is 39.8 Å². The average molecular weight is 420 g/mol. The molecule has 5 nitrogen and oxygen atoms in total. The Morgan fingerprint density at radius 3 is 2.61 bits per heavy atom. The summed E-state index contributed by atoms with van der Waals surface area (Å²) < 4.78 is 8.04. The Hall–Kier alpha value is -2.82. The maximum absolute atomic E-state index is 12.5. The first-order valence-electron chi connectivity index (χ1n) is 11.3. The summed E-state index contributed by atoms with van der Waals surface area (Å²) in [5.74, 6) is 1.27. The molecule has 164 valence electrons. The Morgan fingerprint density at radius 2 is 1.94 bits per heavy atom. The number of anilines is 1. The average Bonchev–Trinajstić information content (AvgIpc) is 2.78. The molecular weight excluding hydrogens is 386 g/mol. The first-order chi connectivity index (χ1) is 14.8. The third-order valence-electron chi connectivity index (χ3n) is 6.96. The van der Waals surface area contributed by atoms with Crippen molar-refractivity contribution in [3.8, 4) is 5.75 Å². The summed E-state index contributed by atoms with van der Waals surface area (Å²) in [5, 5.41) is 0. The van der Waals surface area contributed by atoms with Crippen LogP contribution in [0.15, 0.2) is 53.5 Å². The minimum absolute atomic E-state index is 0.00313. The zero-order valence-corrected chi connectivity index (χ0v) is 19.3. The number of fused-ring (bicyclic) bond motifs is 1. The molecule has 1 aromatic carbocycles. The minimum atomic E-state index is -0.00313. The number of hydrogen-bond acceptors (Lipinski definition) is 4. The van der Waals surface area contributed by atoms with Crippen LogP contribution in [0.3, 0.4) is 0 Å². The summed E-state index contributed by atoms with van der Waals surface area (Å²) in [7, 11) is 1.80. The van der Waals surface area contributed by atoms with Crippen molar-refractivity contribution in [2.24, 2.45) is 13.0 Å². The Bertz CT molecular complexity index is 1120. The summed E-state index contributed by atoms with van der Waals surface area (Å²) in [6, 6.07) is 14.1. The van der Waals surface area contributed by atoms with Crippen LogP contribution in [-0.2, 0) is 12.5 Å². The van der Waals surface area contributed by atoms with Crippen LogP contribution in [0.5, 0.6) is 5.75 Å². The van der Waals surface area contributed by atoms with E-state index < -0.39 is 0 Å². The molecule has 0 aliphatic carbocycles. The van der Waals surface area contributed by atoms with Crippen molar-refractivity contribution in [1.82, 2.24) is 9.55 Å². The topological polar surface area (TPSA) is 47.4 Å². The first kappa shape index (κ1) is 21.4. The van der Waals surface area contributed by atoms with Crippen molar-refractivity contribution in [2.75, 3.05) is 18.0 Å². The lowest BCUT2D eigenvalue weighted by molar-refractivity contribution is 0.121. The van der Waals surface area contributed by atoms with Gasteiger partial charge in [0.25, 0.3) is 5.56 Å². The van der Waals surface area contributed by atoms with Gasteiger partial charge >= 0.3 is 0 Å². The van der Waals surface area contributed by atoms with Gasteiger partial charge in [-0.2, -0.15) is 0 Å². The highest BCUT2D eigenvalue weighted by Gasteiger charge is 2.29. The van der Waals surface area contributed by atoms with Crippen molar-refractivity contribution in [2.45, 2.75) is 52.1 Å². The third kappa shape index (κ3) is 4.18. The van der Waals surface area contributed by atoms with Crippen molar-refractivity contribution in [3.63, 3.8) is 0 Å². The van der Waals surface area contributed by atoms with Crippen LogP contribution in [0.4, 0.5) is 5.69 Å². The standard InChI is InChI=1S/C26H33N3O2/c1-6-26(3,4)19-9-11-20(12-10-19)31-23-13-15-29(17-18(23)2)22-16-24(30)28(5)21-8-7-14-27-25(21)22/h7-12,14,16,18,23H,6,13,15,17H2,1-5H3/t18-,23-/m1/s1. The molecule has 0 unspecified atom stereocenters. The molecule has 2 aromatic heterocycles. The molecule has 4 rings (SSSR count). The molecule has 5 heteroatoms. The fraction of sp³-hybridized carbons (Fsp3) is 0.462. The minimum Gasteiger partial charge on any atom is -0.490 e. The van der Waals surface area contributed by atoms with Crippen LogP contribution in [0.1, 0.15) is 46.1 Å². The predicted molar refractivity (Wildman–Crippen MR) is 127 cm³/mol. The number of pyridine rings is 2. The molecule has 1 fully saturated rings. The lowest BCUT2D eigenvalue weighted by Crippen LogP contribution is -2.45. The van der Waals surface area contributed by atoms with E-state index in [0.717, 1.165) is 48.4 Å². The molecule has 2 atom stereocenters. The number of nitrogens with zero attached hydrogens (tertiary/aromatic N) is 3. The van der Waals surface area contributed by atoms with Gasteiger partial charge in [0, 0.05) is 44.7 Å². The van der Waals surface area contributed by atoms with E-state index in [2.05, 4.69) is 61.8 Å². The molecule has 0 saturated carbocycles. The van der Waals surface area contributed by atoms with Crippen molar-refractivity contribution < 1.29 is 4.74 Å². The van der Waals surface area contributed by atoms with Crippen LogP contribution in [0.2, 0.25) is 0 Å². The highest BCUT2D eigenvalue weighted by Crippen LogP contribution is 2.31. The van der Waals surface area contributed by atoms with Gasteiger partial charge < -0.3 is 14.2 Å². The Morgan fingerprint density at radius 1 is 1.19 bits per heavy atom. The van der Waals surface area contributed by atoms with E-state index in [1.165, 1.54) is 5.56 Å². The second kappa shape index (κ2) is 8.37. The summed E-state index contributed by atoms with van der Waals surface area (Å²) in [4.78, 5) is 19.3. The highest BCUT2D eigenvalue weighted by atomic mass is 16.5. The third-order valence-corrected chi connectivity index (χ3v) is 6.96. The van der Waals surface area contributed by atoms with Gasteiger partial charge in [0.15, 0.2) is 0 Å². The van der Waals surface area contributed by atoms with Gasteiger partial charge in [-0.15, -0.1) is 0 Å². The van der Waals surface area contributed by atoms with Crippen LogP contribution in [-0.4, -0.2) is 28.7 Å². The van der Waals surface area contributed by atoms with Crippen LogP contribution >= 0.6 is 0 Å². The maximum atomic E-state index is 12.5. The van der Waals surface area contributed by atoms with Gasteiger partial charge in [0.2, 0.25) is 0 Å². The second-order valence-corrected chi connectivity index (χ2v) is 9.43. The number of ether oxygens (including phenoxy) is 1. The normalized spacial score (nSPS) is 19.6. The molecular formula is C26H33N3O2. The van der Waals surface area contributed by atoms with Crippen LogP contribution < -0.4 is 15.2 Å². The lowest BCUT2D eigenvalue weighted by atomic mass is 9.82. The Kier molecular flexibility index (Phi) is 5.78. The smallest absolute Gasteiger partial charge is 0.252 e. The predicted octanol–water partition coefficient (Wildman–Crippen LogP) is 4.91. The number of rotatable bonds is 5. The van der Waals surface area contributed by atoms with Gasteiger partial charge in [-0.3, -0.25) is 9.78 Å². The maximum Gasteiger partial charge on any atom is 0.252 e. The molecule has 1 aliphatic heterocycles. The molecule has 31 heavy (non-hydrogen) atoms. The van der Waals surface area contributed by atoms with E-state index in [-0.39, 0.29) is 17.1 Å². The number of benzene rings is 1. The number of hydrogen-bond donors (Lipinski definition) is 0. The fourth-order valence-corrected chi connectivity index (χ4v) is 4.39. The molecule has 0 amide bonds. The van der Waals surface area contributed by atoms with Gasteiger partial charge in [-0.25, -0.2) is 0 Å². The molecule has 1 aliphatic rings. The van der Waals surface area contributed by atoms with E-state index in [1.54, 1.807) is 23.9 Å². The summed E-state index contributed by atoms with van der Waals surface area (Å²) in [5.41, 5.74) is 4.19. The molecule has 0 spiro atoms. The van der Waals surface area contributed by atoms with E-state index in [0.29, 0.717) is 5.92 Å². The largest absolute Gasteiger partial charge is 0.490 e. The Labute approximate surface area is 184 Å². The monoisotopic (exact) mass is 419 g/mol. The quantitative estimate of drug-likeness (QED) is 0.589. The van der Waals surface area contributed by atoms with Crippen LogP contribution in [0.25, 0.3) is 11.0 Å². The summed E-state index contributed by atoms with van der Waals surface area (Å²) in [6.45, 7) is 10.7. The number of aryl methyl sites for hydroxylation is 1. The van der Waals surface area contributed by atoms with Crippen LogP contribution in [0, 0.1) is 5.92 Å². The van der Waals surface area contributed by atoms with E-state index in [1.807, 2.05) is 12.1 Å². The fourth-order valence-electron chi connectivity index (χ4n) is 4.39. The summed E-state index contributed by atoms with van der Waals surface area (Å²) >= 11 is 0. The molecule has 0 bridgehead atoms. The first-order valence-corrected chi connectivity index (χ1v) is 11.3. The molecule has 1 saturated heterocycles. The van der Waals surface area contributed by atoms with E-state index in [4.69, 9.17) is 4.74 Å². The molecule has 3 heterocycles. The van der Waals surface area contributed by atoms with Gasteiger partial charge in [-0.05, 0) is 41.7 Å². The number of piperidine rings is 1. The van der Waals surface area contributed by atoms with Crippen molar-refractivity contribution in [1.29, 1.82) is 0 Å². The SMILES string of the molecule is CCC(C)(C)c1ccc(O[C@@H]2CCN(c3cc(=O)n(C)c4cccnc34)C[C@H]2C)cc1. The zero-order valence-electron chi connectivity index (χ0n) is 19.3. The Balaban J connectivity index is 1.49. The summed E-state index contributed by atoms with van der Waals surface area (Å²) in [6.07, 6.45) is 3.97. The number of aromatic nitrogens is 2. The van der Waals surface area contributed by atoms with E-state index >= 15 is 0 Å². The van der Waals surface area contributed by atoms with E-state index in [9.17, 15) is 4.79 Å². The van der Waals surface area contributed by atoms with Gasteiger partial charge in [0.05, 0.1) is 11.2 Å². The highest BCUT2D eigenvalue weighted by molar-refractivity contribution is 5.88.